The molecule has 1 N–H and O–H groups in total. The second-order valence-electron chi connectivity index (χ2n) is 3.18. The quantitative estimate of drug-likeness (QED) is 0.489. The van der Waals surface area contributed by atoms with Crippen LogP contribution in [0.1, 0.15) is 5.56 Å². The maximum atomic E-state index is 8.05. The Morgan fingerprint density at radius 1 is 1.20 bits per heavy atom. The molecule has 0 atom stereocenters. The van der Waals surface area contributed by atoms with E-state index in [1.165, 1.54) is 16.3 Å². The lowest BCUT2D eigenvalue weighted by Gasteiger charge is -2.03. The topological polar surface area (TPSA) is 38.7 Å². The van der Waals surface area contributed by atoms with Crippen LogP contribution < -0.4 is 0 Å². The molecule has 0 amide bonds. The highest BCUT2D eigenvalue weighted by atomic mass is 32.2. The Balaban J connectivity index is 2.41. The normalized spacial score (nSPS) is 10.8. The molecule has 2 aromatic carbocycles. The van der Waals surface area contributed by atoms with Crippen molar-refractivity contribution in [3.8, 4) is 0 Å². The fourth-order valence-electron chi connectivity index (χ4n) is 1.51. The minimum absolute atomic E-state index is 0.880. The molecule has 0 radical (unpaired) electrons. The molecular formula is C11H10O3S. The van der Waals surface area contributed by atoms with E-state index in [0.717, 1.165) is 16.9 Å². The van der Waals surface area contributed by atoms with Crippen LogP contribution in [0.25, 0.3) is 10.8 Å². The second-order valence-corrected chi connectivity index (χ2v) is 3.96. The highest BCUT2D eigenvalue weighted by Crippen LogP contribution is 2.26. The van der Waals surface area contributed by atoms with Crippen molar-refractivity contribution in [3.63, 3.8) is 0 Å². The van der Waals surface area contributed by atoms with E-state index in [-0.39, 0.29) is 0 Å². The molecule has 78 valence electrons. The monoisotopic (exact) mass is 222 g/mol. The van der Waals surface area contributed by atoms with E-state index in [0.29, 0.717) is 0 Å². The van der Waals surface area contributed by atoms with Crippen LogP contribution in [-0.2, 0) is 9.37 Å². The van der Waals surface area contributed by atoms with Gasteiger partial charge in [-0.15, -0.1) is 4.33 Å². The summed E-state index contributed by atoms with van der Waals surface area (Å²) in [5.41, 5.74) is 1.21. The van der Waals surface area contributed by atoms with Gasteiger partial charge < -0.3 is 0 Å². The van der Waals surface area contributed by atoms with E-state index in [1.54, 1.807) is 0 Å². The molecule has 0 saturated carbocycles. The zero-order chi connectivity index (χ0) is 10.7. The van der Waals surface area contributed by atoms with Crippen LogP contribution in [0.4, 0.5) is 0 Å². The fraction of sp³-hybridized carbons (Fsp3) is 0.0909. The van der Waals surface area contributed by atoms with Gasteiger partial charge in [-0.3, -0.25) is 0 Å². The molecule has 0 aliphatic heterocycles. The van der Waals surface area contributed by atoms with Crippen LogP contribution in [0, 0.1) is 6.92 Å². The molecule has 0 fully saturated rings. The first-order valence-corrected chi connectivity index (χ1v) is 5.19. The van der Waals surface area contributed by atoms with Gasteiger partial charge in [0, 0.05) is 4.90 Å². The summed E-state index contributed by atoms with van der Waals surface area (Å²) in [5, 5.41) is 14.0. The van der Waals surface area contributed by atoms with Crippen molar-refractivity contribution < 1.29 is 14.6 Å². The molecular weight excluding hydrogens is 212 g/mol. The smallest absolute Gasteiger partial charge is 0.0714 e. The predicted octanol–water partition coefficient (Wildman–Crippen LogP) is 3.58. The molecule has 15 heavy (non-hydrogen) atoms. The van der Waals surface area contributed by atoms with Crippen molar-refractivity contribution in [1.29, 1.82) is 0 Å². The number of hydrogen-bond acceptors (Lipinski definition) is 4. The summed E-state index contributed by atoms with van der Waals surface area (Å²) < 4.78 is 4.38. The Morgan fingerprint density at radius 3 is 2.87 bits per heavy atom. The number of rotatable bonds is 3. The van der Waals surface area contributed by atoms with Crippen molar-refractivity contribution >= 4 is 22.8 Å². The Morgan fingerprint density at radius 2 is 2.07 bits per heavy atom. The summed E-state index contributed by atoms with van der Waals surface area (Å²) in [7, 11) is 0. The zero-order valence-corrected chi connectivity index (χ0v) is 8.95. The van der Waals surface area contributed by atoms with Crippen molar-refractivity contribution in [1.82, 2.24) is 0 Å². The molecule has 3 nitrogen and oxygen atoms in total. The third-order valence-corrected chi connectivity index (χ3v) is 2.81. The Labute approximate surface area is 91.7 Å². The van der Waals surface area contributed by atoms with E-state index in [9.17, 15) is 0 Å². The first-order valence-electron chi connectivity index (χ1n) is 4.45. The molecule has 0 aromatic heterocycles. The lowest BCUT2D eigenvalue weighted by atomic mass is 10.1. The van der Waals surface area contributed by atoms with Crippen LogP contribution in [0.3, 0.4) is 0 Å². The standard InChI is InChI=1S/C11H10O3S/c1-8-3-2-4-9-5-6-10(7-11(8)9)15-14-13-12/h2-7,12H,1H3. The fourth-order valence-corrected chi connectivity index (χ4v) is 1.91. The lowest BCUT2D eigenvalue weighted by Crippen LogP contribution is -1.81. The first-order chi connectivity index (χ1) is 7.31. The summed E-state index contributed by atoms with van der Waals surface area (Å²) in [5.74, 6) is 0. The summed E-state index contributed by atoms with van der Waals surface area (Å²) in [4.78, 5) is 0.880. The first kappa shape index (κ1) is 10.4. The van der Waals surface area contributed by atoms with Gasteiger partial charge in [-0.05, 0) is 35.4 Å². The highest BCUT2D eigenvalue weighted by Gasteiger charge is 2.00. The van der Waals surface area contributed by atoms with Crippen molar-refractivity contribution in [2.24, 2.45) is 0 Å². The predicted molar refractivity (Wildman–Crippen MR) is 59.3 cm³/mol. The molecule has 0 aliphatic carbocycles. The maximum absolute atomic E-state index is 8.05. The maximum Gasteiger partial charge on any atom is 0.0714 e. The third kappa shape index (κ3) is 2.30. The van der Waals surface area contributed by atoms with Crippen LogP contribution in [0.2, 0.25) is 0 Å². The summed E-state index contributed by atoms with van der Waals surface area (Å²) in [6, 6.07) is 12.0. The number of aryl methyl sites for hydroxylation is 1. The lowest BCUT2D eigenvalue weighted by molar-refractivity contribution is -0.432. The van der Waals surface area contributed by atoms with Gasteiger partial charge in [0.15, 0.2) is 0 Å². The molecule has 0 saturated heterocycles. The van der Waals surface area contributed by atoms with E-state index in [4.69, 9.17) is 5.26 Å². The van der Waals surface area contributed by atoms with E-state index in [1.807, 2.05) is 24.3 Å². The van der Waals surface area contributed by atoms with E-state index in [2.05, 4.69) is 28.4 Å². The summed E-state index contributed by atoms with van der Waals surface area (Å²) in [6.07, 6.45) is 0. The van der Waals surface area contributed by atoms with Gasteiger partial charge >= 0.3 is 0 Å². The number of fused-ring (bicyclic) bond motifs is 1. The minimum Gasteiger partial charge on any atom is -0.220 e. The van der Waals surface area contributed by atoms with Crippen LogP contribution in [-0.4, -0.2) is 5.26 Å². The van der Waals surface area contributed by atoms with Crippen LogP contribution >= 0.6 is 12.0 Å². The van der Waals surface area contributed by atoms with E-state index < -0.39 is 0 Å². The SMILES string of the molecule is Cc1cccc2ccc(SOOO)cc12. The molecule has 0 unspecified atom stereocenters. The Bertz CT molecular complexity index is 470. The average Bonchev–Trinajstić information content (AvgIpc) is 2.27. The van der Waals surface area contributed by atoms with Gasteiger partial charge in [0.1, 0.15) is 0 Å². The number of hydrogen-bond donors (Lipinski definition) is 1. The minimum atomic E-state index is 0.880. The van der Waals surface area contributed by atoms with Gasteiger partial charge in [0.25, 0.3) is 0 Å². The molecule has 0 spiro atoms. The van der Waals surface area contributed by atoms with Crippen molar-refractivity contribution in [2.75, 3.05) is 0 Å². The Hall–Kier alpha value is -1.07. The van der Waals surface area contributed by atoms with Gasteiger partial charge in [-0.1, -0.05) is 29.3 Å². The highest BCUT2D eigenvalue weighted by molar-refractivity contribution is 7.94. The largest absolute Gasteiger partial charge is 0.220 e. The van der Waals surface area contributed by atoms with Gasteiger partial charge in [-0.2, -0.15) is 0 Å². The molecule has 4 heteroatoms. The summed E-state index contributed by atoms with van der Waals surface area (Å²) in [6.45, 7) is 2.06. The van der Waals surface area contributed by atoms with Crippen LogP contribution in [0.15, 0.2) is 41.3 Å². The molecule has 0 aliphatic rings. The van der Waals surface area contributed by atoms with Gasteiger partial charge in [0.2, 0.25) is 0 Å². The zero-order valence-electron chi connectivity index (χ0n) is 8.14. The van der Waals surface area contributed by atoms with Crippen LogP contribution in [0.5, 0.6) is 0 Å². The van der Waals surface area contributed by atoms with Crippen molar-refractivity contribution in [2.45, 2.75) is 11.8 Å². The average molecular weight is 222 g/mol. The van der Waals surface area contributed by atoms with Gasteiger partial charge in [-0.25, -0.2) is 5.26 Å². The van der Waals surface area contributed by atoms with Gasteiger partial charge in [0.05, 0.1) is 12.0 Å². The molecule has 2 aromatic rings. The molecule has 0 bridgehead atoms. The third-order valence-electron chi connectivity index (χ3n) is 2.23. The molecule has 2 rings (SSSR count). The molecule has 0 heterocycles. The number of benzene rings is 2. The van der Waals surface area contributed by atoms with E-state index >= 15 is 0 Å². The second kappa shape index (κ2) is 4.63. The Kier molecular flexibility index (Phi) is 3.23. The van der Waals surface area contributed by atoms with Crippen molar-refractivity contribution in [3.05, 3.63) is 42.0 Å². The summed E-state index contributed by atoms with van der Waals surface area (Å²) >= 11 is 0.972.